The van der Waals surface area contributed by atoms with E-state index < -0.39 is 17.3 Å². The van der Waals surface area contributed by atoms with E-state index >= 15 is 0 Å². The molecule has 0 radical (unpaired) electrons. The number of alkyl halides is 3. The van der Waals surface area contributed by atoms with Crippen molar-refractivity contribution in [1.82, 2.24) is 0 Å². The normalized spacial score (nSPS) is 27.9. The lowest BCUT2D eigenvalue weighted by atomic mass is 9.67. The molecule has 0 saturated heterocycles. The van der Waals surface area contributed by atoms with Crippen LogP contribution in [0.25, 0.3) is 0 Å². The van der Waals surface area contributed by atoms with Crippen molar-refractivity contribution < 1.29 is 18.3 Å². The first-order chi connectivity index (χ1) is 9.25. The number of hydrogen-bond donors (Lipinski definition) is 1. The largest absolute Gasteiger partial charge is 0.416 e. The number of rotatable bonds is 2. The second kappa shape index (κ2) is 5.40. The quantitative estimate of drug-likeness (QED) is 0.832. The van der Waals surface area contributed by atoms with Crippen molar-refractivity contribution >= 4 is 0 Å². The molecule has 112 valence electrons. The van der Waals surface area contributed by atoms with Crippen molar-refractivity contribution in [1.29, 1.82) is 0 Å². The fraction of sp³-hybridized carbons (Fsp3) is 0.625. The molecule has 1 aliphatic carbocycles. The summed E-state index contributed by atoms with van der Waals surface area (Å²) in [7, 11) is 0. The molecule has 1 N–H and O–H groups in total. The first-order valence-corrected chi connectivity index (χ1v) is 7.15. The van der Waals surface area contributed by atoms with E-state index in [1.807, 2.05) is 0 Å². The molecular formula is C16H21F3O. The van der Waals surface area contributed by atoms with Crippen molar-refractivity contribution in [2.75, 3.05) is 0 Å². The predicted molar refractivity (Wildman–Crippen MR) is 72.1 cm³/mol. The van der Waals surface area contributed by atoms with Gasteiger partial charge >= 0.3 is 6.18 Å². The van der Waals surface area contributed by atoms with E-state index in [-0.39, 0.29) is 5.92 Å². The average Bonchev–Trinajstić information content (AvgIpc) is 2.38. The molecule has 0 bridgehead atoms. The molecule has 2 rings (SSSR count). The standard InChI is InChI=1S/C16H21F3O/c1-11(2)14-5-3-4-10-15(14,20)12-6-8-13(9-7-12)16(17,18)19/h6-9,11,14,20H,3-5,10H2,1-2H3. The Balaban J connectivity index is 2.33. The summed E-state index contributed by atoms with van der Waals surface area (Å²) in [6.07, 6.45) is -0.784. The highest BCUT2D eigenvalue weighted by atomic mass is 19.4. The van der Waals surface area contributed by atoms with Gasteiger partial charge < -0.3 is 5.11 Å². The van der Waals surface area contributed by atoms with Gasteiger partial charge in [-0.1, -0.05) is 38.8 Å². The Bertz CT molecular complexity index is 450. The van der Waals surface area contributed by atoms with Gasteiger partial charge in [-0.25, -0.2) is 0 Å². The fourth-order valence-corrected chi connectivity index (χ4v) is 3.37. The van der Waals surface area contributed by atoms with E-state index in [1.165, 1.54) is 12.1 Å². The number of aliphatic hydroxyl groups is 1. The third-order valence-electron chi connectivity index (χ3n) is 4.45. The topological polar surface area (TPSA) is 20.2 Å². The molecule has 1 aromatic rings. The van der Waals surface area contributed by atoms with E-state index in [9.17, 15) is 18.3 Å². The van der Waals surface area contributed by atoms with Crippen LogP contribution in [0.4, 0.5) is 13.2 Å². The molecule has 1 saturated carbocycles. The van der Waals surface area contributed by atoms with Crippen molar-refractivity contribution in [3.8, 4) is 0 Å². The van der Waals surface area contributed by atoms with Crippen LogP contribution in [0.1, 0.15) is 50.7 Å². The summed E-state index contributed by atoms with van der Waals surface area (Å²) in [5, 5.41) is 11.0. The molecule has 1 fully saturated rings. The molecule has 2 atom stereocenters. The van der Waals surface area contributed by atoms with Crippen molar-refractivity contribution in [3.05, 3.63) is 35.4 Å². The van der Waals surface area contributed by atoms with Crippen LogP contribution in [-0.2, 0) is 11.8 Å². The smallest absolute Gasteiger partial charge is 0.385 e. The Morgan fingerprint density at radius 3 is 2.25 bits per heavy atom. The van der Waals surface area contributed by atoms with Crippen LogP contribution in [0.2, 0.25) is 0 Å². The second-order valence-electron chi connectivity index (χ2n) is 6.10. The fourth-order valence-electron chi connectivity index (χ4n) is 3.37. The van der Waals surface area contributed by atoms with Gasteiger partial charge in [-0.05, 0) is 42.4 Å². The highest BCUT2D eigenvalue weighted by Crippen LogP contribution is 2.45. The van der Waals surface area contributed by atoms with E-state index in [1.54, 1.807) is 0 Å². The lowest BCUT2D eigenvalue weighted by Crippen LogP contribution is -2.40. The zero-order chi connectivity index (χ0) is 15.0. The Morgan fingerprint density at radius 2 is 1.75 bits per heavy atom. The Hall–Kier alpha value is -1.03. The minimum Gasteiger partial charge on any atom is -0.385 e. The molecule has 2 unspecified atom stereocenters. The third-order valence-corrected chi connectivity index (χ3v) is 4.45. The Morgan fingerprint density at radius 1 is 1.15 bits per heavy atom. The summed E-state index contributed by atoms with van der Waals surface area (Å²) in [4.78, 5) is 0. The third kappa shape index (κ3) is 2.85. The van der Waals surface area contributed by atoms with Crippen LogP contribution in [0.15, 0.2) is 24.3 Å². The van der Waals surface area contributed by atoms with Crippen molar-refractivity contribution in [2.24, 2.45) is 11.8 Å². The van der Waals surface area contributed by atoms with Gasteiger partial charge in [0, 0.05) is 0 Å². The maximum atomic E-state index is 12.6. The molecule has 0 aliphatic heterocycles. The van der Waals surface area contributed by atoms with Crippen LogP contribution in [-0.4, -0.2) is 5.11 Å². The molecule has 1 nitrogen and oxygen atoms in total. The molecule has 4 heteroatoms. The second-order valence-corrected chi connectivity index (χ2v) is 6.10. The van der Waals surface area contributed by atoms with E-state index in [0.717, 1.165) is 31.4 Å². The summed E-state index contributed by atoms with van der Waals surface area (Å²) in [6.45, 7) is 4.12. The van der Waals surface area contributed by atoms with Gasteiger partial charge in [-0.3, -0.25) is 0 Å². The lowest BCUT2D eigenvalue weighted by Gasteiger charge is -2.43. The van der Waals surface area contributed by atoms with E-state index in [4.69, 9.17) is 0 Å². The molecule has 0 spiro atoms. The highest BCUT2D eigenvalue weighted by molar-refractivity contribution is 5.30. The van der Waals surface area contributed by atoms with Crippen LogP contribution in [0.3, 0.4) is 0 Å². The van der Waals surface area contributed by atoms with Gasteiger partial charge in [0.2, 0.25) is 0 Å². The molecule has 0 amide bonds. The van der Waals surface area contributed by atoms with Gasteiger partial charge in [0.1, 0.15) is 0 Å². The summed E-state index contributed by atoms with van der Waals surface area (Å²) in [6, 6.07) is 5.01. The van der Waals surface area contributed by atoms with Crippen molar-refractivity contribution in [2.45, 2.75) is 51.3 Å². The van der Waals surface area contributed by atoms with E-state index in [2.05, 4.69) is 13.8 Å². The summed E-state index contributed by atoms with van der Waals surface area (Å²) in [5.74, 6) is 0.413. The van der Waals surface area contributed by atoms with Crippen LogP contribution in [0, 0.1) is 11.8 Å². The number of hydrogen-bond acceptors (Lipinski definition) is 1. The molecule has 20 heavy (non-hydrogen) atoms. The minimum absolute atomic E-state index is 0.105. The Kier molecular flexibility index (Phi) is 4.14. The molecule has 0 aromatic heterocycles. The monoisotopic (exact) mass is 286 g/mol. The van der Waals surface area contributed by atoms with Gasteiger partial charge in [0.15, 0.2) is 0 Å². The van der Waals surface area contributed by atoms with Crippen LogP contribution >= 0.6 is 0 Å². The predicted octanol–water partition coefficient (Wildman–Crippen LogP) is 4.74. The lowest BCUT2D eigenvalue weighted by molar-refractivity contribution is -0.137. The zero-order valence-corrected chi connectivity index (χ0v) is 11.9. The van der Waals surface area contributed by atoms with Crippen molar-refractivity contribution in [3.63, 3.8) is 0 Å². The summed E-state index contributed by atoms with van der Waals surface area (Å²) < 4.78 is 37.8. The molecule has 1 aliphatic rings. The number of benzene rings is 1. The number of halogens is 3. The minimum atomic E-state index is -4.33. The highest BCUT2D eigenvalue weighted by Gasteiger charge is 2.42. The zero-order valence-electron chi connectivity index (χ0n) is 11.9. The van der Waals surface area contributed by atoms with E-state index in [0.29, 0.717) is 17.9 Å². The van der Waals surface area contributed by atoms with Gasteiger partial charge in [0.25, 0.3) is 0 Å². The summed E-state index contributed by atoms with van der Waals surface area (Å²) in [5.41, 5.74) is -1.04. The first kappa shape index (κ1) is 15.4. The average molecular weight is 286 g/mol. The maximum absolute atomic E-state index is 12.6. The summed E-state index contributed by atoms with van der Waals surface area (Å²) >= 11 is 0. The molecular weight excluding hydrogens is 265 g/mol. The maximum Gasteiger partial charge on any atom is 0.416 e. The first-order valence-electron chi connectivity index (χ1n) is 7.15. The van der Waals surface area contributed by atoms with Crippen LogP contribution in [0.5, 0.6) is 0 Å². The molecule has 1 aromatic carbocycles. The molecule has 0 heterocycles. The van der Waals surface area contributed by atoms with Gasteiger partial charge in [0.05, 0.1) is 11.2 Å². The SMILES string of the molecule is CC(C)C1CCCCC1(O)c1ccc(C(F)(F)F)cc1. The van der Waals surface area contributed by atoms with Gasteiger partial charge in [-0.15, -0.1) is 0 Å². The van der Waals surface area contributed by atoms with Gasteiger partial charge in [-0.2, -0.15) is 13.2 Å². The Labute approximate surface area is 117 Å². The van der Waals surface area contributed by atoms with Crippen LogP contribution < -0.4 is 0 Å².